The lowest BCUT2D eigenvalue weighted by Crippen LogP contribution is -2.28. The molecule has 0 aromatic heterocycles. The first-order chi connectivity index (χ1) is 5.43. The summed E-state index contributed by atoms with van der Waals surface area (Å²) >= 11 is 0. The molecule has 0 aromatic carbocycles. The van der Waals surface area contributed by atoms with Crippen LogP contribution in [0, 0.1) is 0 Å². The Morgan fingerprint density at radius 2 is 1.82 bits per heavy atom. The van der Waals surface area contributed by atoms with Crippen molar-refractivity contribution in [3.8, 4) is 0 Å². The summed E-state index contributed by atoms with van der Waals surface area (Å²) in [5.41, 5.74) is 0. The Labute approximate surface area is 72.1 Å². The van der Waals surface area contributed by atoms with Gasteiger partial charge in [0, 0.05) is 7.47 Å². The van der Waals surface area contributed by atoms with Crippen molar-refractivity contribution in [3.05, 3.63) is 0 Å². The van der Waals surface area contributed by atoms with Gasteiger partial charge in [0.05, 0.1) is 0 Å². The summed E-state index contributed by atoms with van der Waals surface area (Å²) in [7, 11) is 0. The van der Waals surface area contributed by atoms with Gasteiger partial charge in [-0.2, -0.15) is 0 Å². The van der Waals surface area contributed by atoms with Crippen molar-refractivity contribution < 1.29 is 1.43 Å². The predicted octanol–water partition coefficient (Wildman–Crippen LogP) is 2.95. The standard InChI is InChI=1S/C10H21N.H2/c1-2-9-11-10-7-5-3-4-6-8-10;/h10-11H,2-9H2,1H3;1H. The van der Waals surface area contributed by atoms with E-state index < -0.39 is 0 Å². The Morgan fingerprint density at radius 1 is 1.18 bits per heavy atom. The average molecular weight is 157 g/mol. The van der Waals surface area contributed by atoms with Gasteiger partial charge in [-0.05, 0) is 25.8 Å². The summed E-state index contributed by atoms with van der Waals surface area (Å²) in [4.78, 5) is 0. The van der Waals surface area contributed by atoms with Crippen LogP contribution in [0.15, 0.2) is 0 Å². The van der Waals surface area contributed by atoms with Gasteiger partial charge in [-0.1, -0.05) is 32.6 Å². The highest BCUT2D eigenvalue weighted by molar-refractivity contribution is 4.69. The van der Waals surface area contributed by atoms with Gasteiger partial charge < -0.3 is 5.32 Å². The maximum atomic E-state index is 3.61. The molecule has 0 bridgehead atoms. The van der Waals surface area contributed by atoms with Gasteiger partial charge in [-0.15, -0.1) is 0 Å². The van der Waals surface area contributed by atoms with Crippen LogP contribution >= 0.6 is 0 Å². The Morgan fingerprint density at radius 3 is 2.36 bits per heavy atom. The van der Waals surface area contributed by atoms with E-state index in [9.17, 15) is 0 Å². The van der Waals surface area contributed by atoms with Crippen LogP contribution in [0.4, 0.5) is 0 Å². The molecule has 0 saturated heterocycles. The molecule has 0 amide bonds. The minimum atomic E-state index is 0. The van der Waals surface area contributed by atoms with E-state index in [0.29, 0.717) is 0 Å². The molecule has 1 heteroatoms. The van der Waals surface area contributed by atoms with Crippen LogP contribution in [-0.2, 0) is 0 Å². The van der Waals surface area contributed by atoms with Crippen molar-refractivity contribution >= 4 is 0 Å². The topological polar surface area (TPSA) is 12.0 Å². The third-order valence-electron chi connectivity index (χ3n) is 2.54. The van der Waals surface area contributed by atoms with Crippen molar-refractivity contribution in [2.45, 2.75) is 57.9 Å². The first-order valence-electron chi connectivity index (χ1n) is 5.17. The van der Waals surface area contributed by atoms with Gasteiger partial charge >= 0.3 is 0 Å². The second-order valence-corrected chi connectivity index (χ2v) is 3.64. The fraction of sp³-hybridized carbons (Fsp3) is 1.00. The molecule has 0 unspecified atom stereocenters. The van der Waals surface area contributed by atoms with E-state index in [2.05, 4.69) is 12.2 Å². The van der Waals surface area contributed by atoms with Crippen LogP contribution in [0.5, 0.6) is 0 Å². The highest BCUT2D eigenvalue weighted by atomic mass is 14.9. The van der Waals surface area contributed by atoms with Gasteiger partial charge in [0.15, 0.2) is 0 Å². The molecule has 1 fully saturated rings. The monoisotopic (exact) mass is 157 g/mol. The lowest BCUT2D eigenvalue weighted by Gasteiger charge is -2.14. The number of hydrogen-bond acceptors (Lipinski definition) is 1. The molecule has 0 aliphatic heterocycles. The molecule has 1 saturated carbocycles. The van der Waals surface area contributed by atoms with E-state index in [-0.39, 0.29) is 1.43 Å². The lowest BCUT2D eigenvalue weighted by molar-refractivity contribution is 0.460. The number of rotatable bonds is 3. The van der Waals surface area contributed by atoms with E-state index in [1.807, 2.05) is 0 Å². The van der Waals surface area contributed by atoms with E-state index >= 15 is 0 Å². The molecule has 1 N–H and O–H groups in total. The number of nitrogens with one attached hydrogen (secondary N) is 1. The molecule has 68 valence electrons. The zero-order valence-electron chi connectivity index (χ0n) is 7.73. The van der Waals surface area contributed by atoms with Crippen LogP contribution < -0.4 is 5.32 Å². The maximum Gasteiger partial charge on any atom is 0.00670 e. The van der Waals surface area contributed by atoms with Gasteiger partial charge in [0.2, 0.25) is 0 Å². The smallest absolute Gasteiger partial charge is 0.00670 e. The molecular weight excluding hydrogens is 134 g/mol. The first kappa shape index (κ1) is 9.05. The van der Waals surface area contributed by atoms with Crippen molar-refractivity contribution in [2.24, 2.45) is 0 Å². The molecule has 1 nitrogen and oxygen atoms in total. The molecule has 0 radical (unpaired) electrons. The van der Waals surface area contributed by atoms with Gasteiger partial charge in [0.1, 0.15) is 0 Å². The lowest BCUT2D eigenvalue weighted by atomic mass is 10.1. The summed E-state index contributed by atoms with van der Waals surface area (Å²) in [6.07, 6.45) is 9.92. The summed E-state index contributed by atoms with van der Waals surface area (Å²) in [5.74, 6) is 0. The van der Waals surface area contributed by atoms with Crippen LogP contribution in [0.3, 0.4) is 0 Å². The molecule has 11 heavy (non-hydrogen) atoms. The molecular formula is C10H23N. The third-order valence-corrected chi connectivity index (χ3v) is 2.54. The first-order valence-corrected chi connectivity index (χ1v) is 5.17. The fourth-order valence-electron chi connectivity index (χ4n) is 1.83. The summed E-state index contributed by atoms with van der Waals surface area (Å²) < 4.78 is 0. The van der Waals surface area contributed by atoms with Crippen LogP contribution in [0.25, 0.3) is 0 Å². The highest BCUT2D eigenvalue weighted by Crippen LogP contribution is 2.16. The zero-order chi connectivity index (χ0) is 7.94. The Hall–Kier alpha value is -0.0400. The summed E-state index contributed by atoms with van der Waals surface area (Å²) in [6.45, 7) is 3.45. The zero-order valence-corrected chi connectivity index (χ0v) is 7.73. The molecule has 1 rings (SSSR count). The predicted molar refractivity (Wildman–Crippen MR) is 51.9 cm³/mol. The SMILES string of the molecule is CCCNC1CCCCCC1.[HH]. The van der Waals surface area contributed by atoms with Crippen LogP contribution in [-0.4, -0.2) is 12.6 Å². The molecule has 0 aromatic rings. The Bertz CT molecular complexity index is 87.8. The highest BCUT2D eigenvalue weighted by Gasteiger charge is 2.09. The normalized spacial score (nSPS) is 21.5. The summed E-state index contributed by atoms with van der Waals surface area (Å²) in [6, 6.07) is 0.845. The van der Waals surface area contributed by atoms with E-state index in [1.54, 1.807) is 0 Å². The van der Waals surface area contributed by atoms with E-state index in [4.69, 9.17) is 0 Å². The van der Waals surface area contributed by atoms with Gasteiger partial charge in [-0.3, -0.25) is 0 Å². The summed E-state index contributed by atoms with van der Waals surface area (Å²) in [5, 5.41) is 3.61. The average Bonchev–Trinajstić information content (AvgIpc) is 2.28. The largest absolute Gasteiger partial charge is 0.314 e. The molecule has 1 aliphatic carbocycles. The minimum absolute atomic E-state index is 0. The van der Waals surface area contributed by atoms with Gasteiger partial charge in [0.25, 0.3) is 0 Å². The third kappa shape index (κ3) is 3.76. The van der Waals surface area contributed by atoms with Crippen LogP contribution in [0.2, 0.25) is 0 Å². The van der Waals surface area contributed by atoms with Crippen molar-refractivity contribution in [1.82, 2.24) is 5.32 Å². The van der Waals surface area contributed by atoms with Crippen molar-refractivity contribution in [2.75, 3.05) is 6.54 Å². The van der Waals surface area contributed by atoms with E-state index in [0.717, 1.165) is 6.04 Å². The Balaban J connectivity index is 0.00000121. The molecule has 0 heterocycles. The minimum Gasteiger partial charge on any atom is -0.314 e. The Kier molecular flexibility index (Phi) is 4.60. The molecule has 0 atom stereocenters. The molecule has 0 spiro atoms. The quantitative estimate of drug-likeness (QED) is 0.621. The second-order valence-electron chi connectivity index (χ2n) is 3.64. The molecule has 1 aliphatic rings. The second kappa shape index (κ2) is 5.59. The van der Waals surface area contributed by atoms with Crippen molar-refractivity contribution in [3.63, 3.8) is 0 Å². The number of hydrogen-bond donors (Lipinski definition) is 1. The fourth-order valence-corrected chi connectivity index (χ4v) is 1.83. The van der Waals surface area contributed by atoms with Crippen LogP contribution in [0.1, 0.15) is 53.3 Å². The van der Waals surface area contributed by atoms with E-state index in [1.165, 1.54) is 51.5 Å². The van der Waals surface area contributed by atoms with Crippen molar-refractivity contribution in [1.29, 1.82) is 0 Å². The maximum absolute atomic E-state index is 3.61. The van der Waals surface area contributed by atoms with Gasteiger partial charge in [-0.25, -0.2) is 0 Å².